The van der Waals surface area contributed by atoms with Gasteiger partial charge in [0.05, 0.1) is 6.20 Å². The van der Waals surface area contributed by atoms with Gasteiger partial charge in [-0.2, -0.15) is 0 Å². The highest BCUT2D eigenvalue weighted by atomic mass is 16.5. The van der Waals surface area contributed by atoms with Gasteiger partial charge in [0.1, 0.15) is 5.76 Å². The highest BCUT2D eigenvalue weighted by molar-refractivity contribution is 5.24. The summed E-state index contributed by atoms with van der Waals surface area (Å²) < 4.78 is 5.06. The summed E-state index contributed by atoms with van der Waals surface area (Å²) in [6.07, 6.45) is 5.13. The van der Waals surface area contributed by atoms with Gasteiger partial charge in [0.25, 0.3) is 0 Å². The van der Waals surface area contributed by atoms with Crippen LogP contribution in [0.2, 0.25) is 0 Å². The third-order valence-electron chi connectivity index (χ3n) is 2.35. The van der Waals surface area contributed by atoms with E-state index in [1.54, 1.807) is 0 Å². The van der Waals surface area contributed by atoms with Crippen molar-refractivity contribution >= 4 is 0 Å². The van der Waals surface area contributed by atoms with E-state index in [-0.39, 0.29) is 0 Å². The standard InChI is InChI=1S/C8H12N2O/c9-4-3-6-1-2-8-7(6)5-10-11-8/h5-6H,1-4,9H2. The van der Waals surface area contributed by atoms with Gasteiger partial charge in [0.2, 0.25) is 0 Å². The lowest BCUT2D eigenvalue weighted by atomic mass is 10.0. The third-order valence-corrected chi connectivity index (χ3v) is 2.35. The van der Waals surface area contributed by atoms with E-state index in [0.29, 0.717) is 5.92 Å². The van der Waals surface area contributed by atoms with Gasteiger partial charge in [-0.25, -0.2) is 0 Å². The fourth-order valence-corrected chi connectivity index (χ4v) is 1.76. The Kier molecular flexibility index (Phi) is 1.66. The molecule has 2 rings (SSSR count). The molecule has 0 fully saturated rings. The molecule has 2 N–H and O–H groups in total. The van der Waals surface area contributed by atoms with Crippen molar-refractivity contribution in [3.05, 3.63) is 17.5 Å². The number of rotatable bonds is 2. The van der Waals surface area contributed by atoms with E-state index in [4.69, 9.17) is 10.3 Å². The molecule has 3 heteroatoms. The molecule has 0 aliphatic heterocycles. The van der Waals surface area contributed by atoms with E-state index in [1.807, 2.05) is 6.20 Å². The van der Waals surface area contributed by atoms with Gasteiger partial charge in [-0.1, -0.05) is 5.16 Å². The summed E-state index contributed by atoms with van der Waals surface area (Å²) in [5.74, 6) is 1.68. The van der Waals surface area contributed by atoms with Crippen LogP contribution in [0.5, 0.6) is 0 Å². The lowest BCUT2D eigenvalue weighted by Crippen LogP contribution is -2.04. The van der Waals surface area contributed by atoms with Crippen LogP contribution in [0.25, 0.3) is 0 Å². The number of nitrogens with two attached hydrogens (primary N) is 1. The van der Waals surface area contributed by atoms with E-state index in [1.165, 1.54) is 12.0 Å². The van der Waals surface area contributed by atoms with E-state index in [0.717, 1.165) is 25.1 Å². The van der Waals surface area contributed by atoms with Gasteiger partial charge < -0.3 is 10.3 Å². The Morgan fingerprint density at radius 1 is 1.73 bits per heavy atom. The summed E-state index contributed by atoms with van der Waals surface area (Å²) in [5.41, 5.74) is 6.77. The van der Waals surface area contributed by atoms with Crippen molar-refractivity contribution in [3.63, 3.8) is 0 Å². The van der Waals surface area contributed by atoms with Crippen LogP contribution in [0, 0.1) is 0 Å². The molecule has 0 amide bonds. The number of hydrogen-bond acceptors (Lipinski definition) is 3. The zero-order valence-electron chi connectivity index (χ0n) is 6.42. The second kappa shape index (κ2) is 2.66. The van der Waals surface area contributed by atoms with Gasteiger partial charge in [0, 0.05) is 12.0 Å². The molecule has 0 saturated heterocycles. The fraction of sp³-hybridized carbons (Fsp3) is 0.625. The molecular weight excluding hydrogens is 140 g/mol. The maximum absolute atomic E-state index is 5.48. The lowest BCUT2D eigenvalue weighted by Gasteiger charge is -2.04. The molecule has 0 saturated carbocycles. The predicted octanol–water partition coefficient (Wildman–Crippen LogP) is 1.05. The third kappa shape index (κ3) is 1.05. The number of aryl methyl sites for hydroxylation is 1. The molecule has 0 radical (unpaired) electrons. The topological polar surface area (TPSA) is 52.0 Å². The van der Waals surface area contributed by atoms with Crippen molar-refractivity contribution in [1.29, 1.82) is 0 Å². The molecule has 1 aromatic rings. The van der Waals surface area contributed by atoms with Crippen molar-refractivity contribution in [2.24, 2.45) is 5.73 Å². The Hall–Kier alpha value is -0.830. The van der Waals surface area contributed by atoms with Crippen LogP contribution < -0.4 is 5.73 Å². The average Bonchev–Trinajstić information content (AvgIpc) is 2.53. The summed E-state index contributed by atoms with van der Waals surface area (Å²) in [4.78, 5) is 0. The molecule has 1 aliphatic carbocycles. The zero-order valence-corrected chi connectivity index (χ0v) is 6.42. The fourth-order valence-electron chi connectivity index (χ4n) is 1.76. The van der Waals surface area contributed by atoms with Crippen LogP contribution >= 0.6 is 0 Å². The summed E-state index contributed by atoms with van der Waals surface area (Å²) in [7, 11) is 0. The van der Waals surface area contributed by atoms with Gasteiger partial charge in [0.15, 0.2) is 0 Å². The first kappa shape index (κ1) is 6.85. The van der Waals surface area contributed by atoms with Gasteiger partial charge in [-0.3, -0.25) is 0 Å². The van der Waals surface area contributed by atoms with Crippen molar-refractivity contribution in [3.8, 4) is 0 Å². The highest BCUT2D eigenvalue weighted by Gasteiger charge is 2.25. The Labute approximate surface area is 65.6 Å². The number of nitrogens with zero attached hydrogens (tertiary/aromatic N) is 1. The SMILES string of the molecule is NCCC1CCc2oncc21. The predicted molar refractivity (Wildman–Crippen MR) is 41.2 cm³/mol. The average molecular weight is 152 g/mol. The molecule has 0 spiro atoms. The lowest BCUT2D eigenvalue weighted by molar-refractivity contribution is 0.385. The molecule has 1 unspecified atom stereocenters. The second-order valence-corrected chi connectivity index (χ2v) is 3.02. The van der Waals surface area contributed by atoms with Crippen molar-refractivity contribution in [1.82, 2.24) is 5.16 Å². The largest absolute Gasteiger partial charge is 0.361 e. The molecule has 1 aromatic heterocycles. The Morgan fingerprint density at radius 2 is 2.64 bits per heavy atom. The van der Waals surface area contributed by atoms with Crippen LogP contribution in [-0.2, 0) is 6.42 Å². The Morgan fingerprint density at radius 3 is 3.45 bits per heavy atom. The van der Waals surface area contributed by atoms with Crippen LogP contribution in [0.1, 0.15) is 30.1 Å². The van der Waals surface area contributed by atoms with E-state index in [9.17, 15) is 0 Å². The minimum Gasteiger partial charge on any atom is -0.361 e. The van der Waals surface area contributed by atoms with Crippen LogP contribution in [0.3, 0.4) is 0 Å². The minimum atomic E-state index is 0.612. The molecule has 0 aromatic carbocycles. The summed E-state index contributed by atoms with van der Waals surface area (Å²) in [5, 5.41) is 3.76. The van der Waals surface area contributed by atoms with Gasteiger partial charge in [-0.15, -0.1) is 0 Å². The minimum absolute atomic E-state index is 0.612. The molecule has 11 heavy (non-hydrogen) atoms. The van der Waals surface area contributed by atoms with Crippen molar-refractivity contribution in [2.75, 3.05) is 6.54 Å². The quantitative estimate of drug-likeness (QED) is 0.689. The maximum Gasteiger partial charge on any atom is 0.140 e. The second-order valence-electron chi connectivity index (χ2n) is 3.02. The van der Waals surface area contributed by atoms with E-state index >= 15 is 0 Å². The Bertz CT molecular complexity index is 244. The summed E-state index contributed by atoms with van der Waals surface area (Å²) in [6.45, 7) is 0.759. The van der Waals surface area contributed by atoms with Crippen molar-refractivity contribution in [2.45, 2.75) is 25.2 Å². The first-order chi connectivity index (χ1) is 5.42. The molecule has 1 aliphatic rings. The highest BCUT2D eigenvalue weighted by Crippen LogP contribution is 2.34. The first-order valence-corrected chi connectivity index (χ1v) is 4.05. The van der Waals surface area contributed by atoms with Crippen LogP contribution in [0.4, 0.5) is 0 Å². The molecule has 1 heterocycles. The molecule has 1 atom stereocenters. The zero-order chi connectivity index (χ0) is 7.68. The van der Waals surface area contributed by atoms with E-state index in [2.05, 4.69) is 5.16 Å². The van der Waals surface area contributed by atoms with Gasteiger partial charge >= 0.3 is 0 Å². The van der Waals surface area contributed by atoms with Gasteiger partial charge in [-0.05, 0) is 25.3 Å². The first-order valence-electron chi connectivity index (χ1n) is 4.05. The molecule has 60 valence electrons. The normalized spacial score (nSPS) is 22.1. The monoisotopic (exact) mass is 152 g/mol. The Balaban J connectivity index is 2.18. The van der Waals surface area contributed by atoms with Crippen LogP contribution in [-0.4, -0.2) is 11.7 Å². The number of hydrogen-bond donors (Lipinski definition) is 1. The summed E-state index contributed by atoms with van der Waals surface area (Å²) in [6, 6.07) is 0. The van der Waals surface area contributed by atoms with E-state index < -0.39 is 0 Å². The number of fused-ring (bicyclic) bond motifs is 1. The maximum atomic E-state index is 5.48. The molecule has 0 bridgehead atoms. The molecule has 3 nitrogen and oxygen atoms in total. The van der Waals surface area contributed by atoms with Crippen molar-refractivity contribution < 1.29 is 4.52 Å². The molecular formula is C8H12N2O. The smallest absolute Gasteiger partial charge is 0.140 e. The van der Waals surface area contributed by atoms with Crippen LogP contribution in [0.15, 0.2) is 10.7 Å². The summed E-state index contributed by atoms with van der Waals surface area (Å²) >= 11 is 0. The number of aromatic nitrogens is 1.